The fourth-order valence-corrected chi connectivity index (χ4v) is 3.49. The topological polar surface area (TPSA) is 88.1 Å². The Balaban J connectivity index is 0.00000139. The van der Waals surface area contributed by atoms with Gasteiger partial charge in [0.25, 0.3) is 0 Å². The Kier molecular flexibility index (Phi) is 15.3. The van der Waals surface area contributed by atoms with Gasteiger partial charge in [0.15, 0.2) is 5.78 Å². The molecule has 39 heavy (non-hydrogen) atoms. The van der Waals surface area contributed by atoms with Crippen LogP contribution in [-0.4, -0.2) is 31.0 Å². The number of carbonyl (C=O) groups excluding carboxylic acids is 1. The monoisotopic (exact) mass is 536 g/mol. The van der Waals surface area contributed by atoms with Crippen LogP contribution < -0.4 is 10.2 Å². The van der Waals surface area contributed by atoms with Crippen LogP contribution in [0.15, 0.2) is 77.6 Å². The lowest BCUT2D eigenvalue weighted by atomic mass is 10.0. The summed E-state index contributed by atoms with van der Waals surface area (Å²) < 4.78 is 12.0. The maximum Gasteiger partial charge on any atom is 0.161 e. The third-order valence-corrected chi connectivity index (χ3v) is 5.10. The number of aryl methyl sites for hydroxylation is 1. The van der Waals surface area contributed by atoms with E-state index in [0.717, 1.165) is 64.9 Å². The summed E-state index contributed by atoms with van der Waals surface area (Å²) in [5.74, 6) is 1.68. The van der Waals surface area contributed by atoms with Crippen molar-refractivity contribution in [1.82, 2.24) is 10.4 Å². The van der Waals surface area contributed by atoms with Crippen LogP contribution in [-0.2, 0) is 11.2 Å². The molecule has 2 aromatic rings. The van der Waals surface area contributed by atoms with Crippen molar-refractivity contribution in [1.29, 1.82) is 0 Å². The number of allylic oxidation sites excluding steroid dienone is 4. The molecule has 1 aromatic heterocycles. The van der Waals surface area contributed by atoms with Gasteiger partial charge in [0.05, 0.1) is 25.8 Å². The predicted molar refractivity (Wildman–Crippen MR) is 163 cm³/mol. The summed E-state index contributed by atoms with van der Waals surface area (Å²) in [6.07, 6.45) is 13.4. The molecule has 7 nitrogen and oxygen atoms in total. The first-order valence-electron chi connectivity index (χ1n) is 13.6. The molecule has 1 heterocycles. The van der Waals surface area contributed by atoms with E-state index in [1.54, 1.807) is 26.2 Å². The van der Waals surface area contributed by atoms with Crippen molar-refractivity contribution in [2.45, 2.75) is 73.6 Å². The van der Waals surface area contributed by atoms with E-state index < -0.39 is 0 Å². The van der Waals surface area contributed by atoms with Crippen LogP contribution in [0.3, 0.4) is 0 Å². The zero-order chi connectivity index (χ0) is 29.3. The normalized spacial score (nSPS) is 11.9. The number of aromatic amines is 1. The minimum absolute atomic E-state index is 0.0617. The van der Waals surface area contributed by atoms with Gasteiger partial charge in [0, 0.05) is 34.8 Å². The minimum Gasteiger partial charge on any atom is -0.494 e. The van der Waals surface area contributed by atoms with Crippen LogP contribution in [0, 0.1) is 5.41 Å². The second kappa shape index (κ2) is 17.8. The highest BCUT2D eigenvalue weighted by molar-refractivity contribution is 6.07. The molecule has 7 heteroatoms. The number of hydrogen-bond acceptors (Lipinski definition) is 5. The third-order valence-electron chi connectivity index (χ3n) is 5.10. The van der Waals surface area contributed by atoms with Gasteiger partial charge in [-0.15, -0.1) is 0 Å². The summed E-state index contributed by atoms with van der Waals surface area (Å²) in [5, 5.41) is 8.28. The Bertz CT molecular complexity index is 1140. The summed E-state index contributed by atoms with van der Waals surface area (Å²) in [6, 6.07) is 3.94. The van der Waals surface area contributed by atoms with E-state index in [-0.39, 0.29) is 5.78 Å². The lowest BCUT2D eigenvalue weighted by Crippen LogP contribution is -2.03. The first-order valence-corrected chi connectivity index (χ1v) is 13.6. The fraction of sp³-hybridized carbons (Fsp3) is 0.469. The minimum atomic E-state index is 0.0617. The number of fused-ring (bicyclic) bond motifs is 1. The first-order chi connectivity index (χ1) is 18.5. The largest absolute Gasteiger partial charge is 0.494 e. The summed E-state index contributed by atoms with van der Waals surface area (Å²) in [6.45, 7) is 21.3. The second-order valence-corrected chi connectivity index (χ2v) is 10.8. The molecule has 2 rings (SSSR count). The summed E-state index contributed by atoms with van der Waals surface area (Å²) in [7, 11) is 1.59. The summed E-state index contributed by atoms with van der Waals surface area (Å²) in [5.41, 5.74) is 6.84. The highest BCUT2D eigenvalue weighted by Crippen LogP contribution is 2.31. The molecular weight excluding hydrogens is 488 g/mol. The molecule has 0 aliphatic rings. The van der Waals surface area contributed by atoms with Crippen molar-refractivity contribution in [3.63, 3.8) is 0 Å². The molecule has 0 amide bonds. The van der Waals surface area contributed by atoms with Gasteiger partial charge in [0.2, 0.25) is 0 Å². The Morgan fingerprint density at radius 1 is 1.18 bits per heavy atom. The van der Waals surface area contributed by atoms with E-state index in [9.17, 15) is 4.79 Å². The molecule has 0 unspecified atom stereocenters. The van der Waals surface area contributed by atoms with E-state index in [2.05, 4.69) is 68.5 Å². The van der Waals surface area contributed by atoms with Gasteiger partial charge in [-0.05, 0) is 55.9 Å². The zero-order valence-corrected chi connectivity index (χ0v) is 25.0. The van der Waals surface area contributed by atoms with Gasteiger partial charge < -0.3 is 14.5 Å². The van der Waals surface area contributed by atoms with E-state index in [1.807, 2.05) is 30.4 Å². The number of ether oxygens (including phenoxy) is 2. The van der Waals surface area contributed by atoms with Crippen LogP contribution >= 0.6 is 0 Å². The Hall–Kier alpha value is -3.61. The first kappa shape index (κ1) is 33.4. The quantitative estimate of drug-likeness (QED) is 0.0561. The predicted octanol–water partition coefficient (Wildman–Crippen LogP) is 8.67. The molecule has 0 aliphatic heterocycles. The number of nitrogens with zero attached hydrogens (tertiary/aromatic N) is 2. The number of ketones is 1. The molecule has 214 valence electrons. The standard InChI is InChI=1S/C27H36N4O3.C5H12/c1-6-11-22(14-10-13-20(3)30-31-28-5)33-17-8-9-18-34-26-16-15-23-25(21(4)32)19-29-27(23)24(26)12-7-2;1-5(2,3)4/h6,10-11,14-16,19,29H,1,3,7-9,12-13,17-18H2,2,4-5H3,(H,28,30);1-4H3/b14-10-,22-11+;. The van der Waals surface area contributed by atoms with Crippen molar-refractivity contribution < 1.29 is 14.3 Å². The van der Waals surface area contributed by atoms with Gasteiger partial charge in [-0.3, -0.25) is 10.2 Å². The molecule has 1 aromatic carbocycles. The number of benzene rings is 1. The molecule has 0 bridgehead atoms. The van der Waals surface area contributed by atoms with Crippen molar-refractivity contribution in [3.05, 3.63) is 78.4 Å². The fourth-order valence-electron chi connectivity index (χ4n) is 3.49. The molecule has 0 radical (unpaired) electrons. The van der Waals surface area contributed by atoms with Gasteiger partial charge in [0.1, 0.15) is 11.5 Å². The highest BCUT2D eigenvalue weighted by atomic mass is 16.5. The van der Waals surface area contributed by atoms with Crippen molar-refractivity contribution in [3.8, 4) is 5.75 Å². The molecule has 0 saturated carbocycles. The van der Waals surface area contributed by atoms with Crippen LogP contribution in [0.25, 0.3) is 10.9 Å². The van der Waals surface area contributed by atoms with E-state index in [1.165, 1.54) is 0 Å². The van der Waals surface area contributed by atoms with Crippen LogP contribution in [0.1, 0.15) is 83.1 Å². The molecule has 0 aliphatic carbocycles. The summed E-state index contributed by atoms with van der Waals surface area (Å²) in [4.78, 5) is 15.1. The molecule has 0 spiro atoms. The SMILES string of the molecule is C=C/C=C(\C=C/CC(=C)NN=NC)OCCCCOc1ccc2c(C(C)=O)c[nH]c2c1CCC.CC(C)(C)C. The lowest BCUT2D eigenvalue weighted by Gasteiger charge is -2.13. The number of rotatable bonds is 16. The van der Waals surface area contributed by atoms with E-state index in [0.29, 0.717) is 25.0 Å². The van der Waals surface area contributed by atoms with Gasteiger partial charge in [-0.25, -0.2) is 0 Å². The van der Waals surface area contributed by atoms with Crippen LogP contribution in [0.2, 0.25) is 0 Å². The smallest absolute Gasteiger partial charge is 0.161 e. The highest BCUT2D eigenvalue weighted by Gasteiger charge is 2.14. The van der Waals surface area contributed by atoms with E-state index >= 15 is 0 Å². The van der Waals surface area contributed by atoms with Crippen molar-refractivity contribution >= 4 is 16.7 Å². The number of Topliss-reactive ketones (excluding diaryl/α,β-unsaturated/α-hetero) is 1. The number of hydrogen-bond donors (Lipinski definition) is 2. The number of aromatic nitrogens is 1. The number of carbonyl (C=O) groups is 1. The number of unbranched alkanes of at least 4 members (excludes halogenated alkanes) is 1. The Morgan fingerprint density at radius 3 is 2.49 bits per heavy atom. The average Bonchev–Trinajstić information content (AvgIpc) is 3.29. The molecular formula is C32H48N4O3. The average molecular weight is 537 g/mol. The van der Waals surface area contributed by atoms with Crippen LogP contribution in [0.4, 0.5) is 0 Å². The summed E-state index contributed by atoms with van der Waals surface area (Å²) >= 11 is 0. The van der Waals surface area contributed by atoms with Crippen molar-refractivity contribution in [2.24, 2.45) is 15.8 Å². The third kappa shape index (κ3) is 13.7. The van der Waals surface area contributed by atoms with Gasteiger partial charge in [-0.1, -0.05) is 71.6 Å². The van der Waals surface area contributed by atoms with Crippen molar-refractivity contribution in [2.75, 3.05) is 20.3 Å². The van der Waals surface area contributed by atoms with E-state index in [4.69, 9.17) is 9.47 Å². The number of nitrogens with one attached hydrogen (secondary N) is 2. The Morgan fingerprint density at radius 2 is 1.87 bits per heavy atom. The molecule has 0 atom stereocenters. The van der Waals surface area contributed by atoms with Gasteiger partial charge in [-0.2, -0.15) is 5.11 Å². The van der Waals surface area contributed by atoms with Crippen LogP contribution in [0.5, 0.6) is 5.75 Å². The molecule has 0 fully saturated rings. The maximum atomic E-state index is 11.9. The number of H-pyrrole nitrogens is 1. The Labute approximate surface area is 235 Å². The molecule has 0 saturated heterocycles. The molecule has 2 N–H and O–H groups in total. The lowest BCUT2D eigenvalue weighted by molar-refractivity contribution is 0.101. The zero-order valence-electron chi connectivity index (χ0n) is 25.0. The maximum absolute atomic E-state index is 11.9. The second-order valence-electron chi connectivity index (χ2n) is 10.8. The van der Waals surface area contributed by atoms with Gasteiger partial charge >= 0.3 is 0 Å².